The number of phenolic OH excluding ortho intramolecular Hbond substituents is 4. The van der Waals surface area contributed by atoms with Crippen LogP contribution in [0.2, 0.25) is 0 Å². The number of carbonyl (C=O) groups is 2. The lowest BCUT2D eigenvalue weighted by molar-refractivity contribution is -0.128. The van der Waals surface area contributed by atoms with Crippen molar-refractivity contribution in [3.8, 4) is 34.5 Å². The molecule has 3 aromatic rings. The van der Waals surface area contributed by atoms with Crippen molar-refractivity contribution in [2.24, 2.45) is 0 Å². The number of esters is 1. The molecule has 0 spiro atoms. The molecule has 0 saturated heterocycles. The second-order valence-electron chi connectivity index (χ2n) is 7.11. The van der Waals surface area contributed by atoms with Crippen molar-refractivity contribution in [1.29, 1.82) is 0 Å². The predicted octanol–water partition coefficient (Wildman–Crippen LogP) is 3.95. The third kappa shape index (κ3) is 6.04. The topological polar surface area (TPSA) is 134 Å². The second-order valence-corrected chi connectivity index (χ2v) is 7.11. The molecule has 3 rings (SSSR count). The van der Waals surface area contributed by atoms with Crippen LogP contribution in [0.3, 0.4) is 0 Å². The SMILES string of the molecule is COc1cc(C=CC(=O)Oc2ccc(CCC(=O)c3c(O)cc(O)cc3O)cc2)ccc1O. The van der Waals surface area contributed by atoms with Crippen LogP contribution >= 0.6 is 0 Å². The molecule has 0 unspecified atom stereocenters. The van der Waals surface area contributed by atoms with E-state index in [1.165, 1.54) is 25.3 Å². The number of rotatable bonds is 8. The number of phenols is 4. The van der Waals surface area contributed by atoms with E-state index in [1.807, 2.05) is 0 Å². The summed E-state index contributed by atoms with van der Waals surface area (Å²) < 4.78 is 10.3. The first-order valence-corrected chi connectivity index (χ1v) is 9.91. The lowest BCUT2D eigenvalue weighted by Gasteiger charge is -2.08. The predicted molar refractivity (Wildman–Crippen MR) is 120 cm³/mol. The van der Waals surface area contributed by atoms with Crippen molar-refractivity contribution in [3.05, 3.63) is 77.4 Å². The van der Waals surface area contributed by atoms with Crippen LogP contribution in [-0.4, -0.2) is 39.3 Å². The minimum Gasteiger partial charge on any atom is -0.508 e. The monoisotopic (exact) mass is 450 g/mol. The fraction of sp³-hybridized carbons (Fsp3) is 0.120. The molecular formula is C25H22O8. The number of Topliss-reactive ketones (excluding diaryl/α,β-unsaturated/α-hetero) is 1. The third-order valence-electron chi connectivity index (χ3n) is 4.76. The number of hydrogen-bond donors (Lipinski definition) is 4. The summed E-state index contributed by atoms with van der Waals surface area (Å²) in [6.45, 7) is 0. The Labute approximate surface area is 189 Å². The van der Waals surface area contributed by atoms with E-state index in [9.17, 15) is 30.0 Å². The Morgan fingerprint density at radius 3 is 2.18 bits per heavy atom. The Bertz CT molecular complexity index is 1170. The van der Waals surface area contributed by atoms with Crippen molar-refractivity contribution in [3.63, 3.8) is 0 Å². The van der Waals surface area contributed by atoms with Gasteiger partial charge in [-0.05, 0) is 47.9 Å². The van der Waals surface area contributed by atoms with Gasteiger partial charge in [0.1, 0.15) is 28.6 Å². The van der Waals surface area contributed by atoms with Gasteiger partial charge >= 0.3 is 5.97 Å². The molecule has 0 atom stereocenters. The van der Waals surface area contributed by atoms with Crippen LogP contribution in [0.4, 0.5) is 0 Å². The van der Waals surface area contributed by atoms with Crippen LogP contribution in [-0.2, 0) is 11.2 Å². The molecule has 8 heteroatoms. The molecule has 0 aliphatic carbocycles. The summed E-state index contributed by atoms with van der Waals surface area (Å²) in [5, 5.41) is 38.5. The number of benzene rings is 3. The Hall–Kier alpha value is -4.46. The molecule has 0 radical (unpaired) electrons. The number of hydrogen-bond acceptors (Lipinski definition) is 8. The maximum atomic E-state index is 12.3. The normalized spacial score (nSPS) is 10.8. The molecule has 0 aliphatic heterocycles. The average Bonchev–Trinajstić information content (AvgIpc) is 2.77. The number of ketones is 1. The van der Waals surface area contributed by atoms with Gasteiger partial charge in [0.05, 0.1) is 7.11 Å². The summed E-state index contributed by atoms with van der Waals surface area (Å²) in [5.74, 6) is -1.79. The summed E-state index contributed by atoms with van der Waals surface area (Å²) in [4.78, 5) is 24.4. The van der Waals surface area contributed by atoms with E-state index in [2.05, 4.69) is 0 Å². The second kappa shape index (κ2) is 10.2. The molecular weight excluding hydrogens is 428 g/mol. The highest BCUT2D eigenvalue weighted by atomic mass is 16.5. The zero-order valence-electron chi connectivity index (χ0n) is 17.7. The van der Waals surface area contributed by atoms with E-state index in [4.69, 9.17) is 9.47 Å². The zero-order chi connectivity index (χ0) is 24.0. The number of ether oxygens (including phenoxy) is 2. The first kappa shape index (κ1) is 23.2. The lowest BCUT2D eigenvalue weighted by Crippen LogP contribution is -2.04. The van der Waals surface area contributed by atoms with Gasteiger partial charge in [0.25, 0.3) is 0 Å². The molecule has 0 amide bonds. The van der Waals surface area contributed by atoms with Gasteiger partial charge in [-0.2, -0.15) is 0 Å². The third-order valence-corrected chi connectivity index (χ3v) is 4.76. The van der Waals surface area contributed by atoms with Crippen LogP contribution < -0.4 is 9.47 Å². The highest BCUT2D eigenvalue weighted by molar-refractivity contribution is 6.01. The van der Waals surface area contributed by atoms with Crippen molar-refractivity contribution in [2.75, 3.05) is 7.11 Å². The van der Waals surface area contributed by atoms with E-state index in [0.717, 1.165) is 17.7 Å². The average molecular weight is 450 g/mol. The van der Waals surface area contributed by atoms with Crippen molar-refractivity contribution >= 4 is 17.8 Å². The highest BCUT2D eigenvalue weighted by Gasteiger charge is 2.17. The molecule has 0 bridgehead atoms. The number of aromatic hydroxyl groups is 4. The fourth-order valence-corrected chi connectivity index (χ4v) is 3.10. The summed E-state index contributed by atoms with van der Waals surface area (Å²) in [6, 6.07) is 13.2. The van der Waals surface area contributed by atoms with Gasteiger partial charge in [-0.25, -0.2) is 4.79 Å². The van der Waals surface area contributed by atoms with Crippen LogP contribution in [0, 0.1) is 0 Å². The number of carbonyl (C=O) groups excluding carboxylic acids is 2. The van der Waals surface area contributed by atoms with E-state index >= 15 is 0 Å². The highest BCUT2D eigenvalue weighted by Crippen LogP contribution is 2.33. The fourth-order valence-electron chi connectivity index (χ4n) is 3.10. The van der Waals surface area contributed by atoms with E-state index in [0.29, 0.717) is 17.7 Å². The summed E-state index contributed by atoms with van der Waals surface area (Å²) in [6.07, 6.45) is 3.12. The Morgan fingerprint density at radius 2 is 1.55 bits per heavy atom. The molecule has 0 aromatic heterocycles. The van der Waals surface area contributed by atoms with Crippen molar-refractivity contribution in [2.45, 2.75) is 12.8 Å². The van der Waals surface area contributed by atoms with Crippen LogP contribution in [0.5, 0.6) is 34.5 Å². The van der Waals surface area contributed by atoms with Crippen molar-refractivity contribution < 1.29 is 39.5 Å². The molecule has 0 fully saturated rings. The summed E-state index contributed by atoms with van der Waals surface area (Å²) >= 11 is 0. The van der Waals surface area contributed by atoms with Gasteiger partial charge in [-0.1, -0.05) is 18.2 Å². The van der Waals surface area contributed by atoms with Gasteiger partial charge < -0.3 is 29.9 Å². The van der Waals surface area contributed by atoms with E-state index in [-0.39, 0.29) is 29.2 Å². The minimum absolute atomic E-state index is 0.00400. The van der Waals surface area contributed by atoms with E-state index < -0.39 is 23.3 Å². The number of aryl methyl sites for hydroxylation is 1. The first-order valence-electron chi connectivity index (χ1n) is 9.91. The van der Waals surface area contributed by atoms with Gasteiger partial charge in [0.2, 0.25) is 0 Å². The molecule has 0 aliphatic rings. The Morgan fingerprint density at radius 1 is 0.879 bits per heavy atom. The lowest BCUT2D eigenvalue weighted by atomic mass is 10.0. The maximum Gasteiger partial charge on any atom is 0.336 e. The molecule has 3 aromatic carbocycles. The Balaban J connectivity index is 1.56. The molecule has 0 heterocycles. The smallest absolute Gasteiger partial charge is 0.336 e. The molecule has 4 N–H and O–H groups in total. The molecule has 33 heavy (non-hydrogen) atoms. The molecule has 8 nitrogen and oxygen atoms in total. The van der Waals surface area contributed by atoms with Gasteiger partial charge in [0, 0.05) is 24.6 Å². The quantitative estimate of drug-likeness (QED) is 0.175. The standard InChI is InChI=1S/C25H22O8/c1-32-23-12-16(5-9-19(23)27)6-11-24(31)33-18-7-2-15(3-8-18)4-10-20(28)25-21(29)13-17(26)14-22(25)30/h2-3,5-9,11-14,26-27,29-30H,4,10H2,1H3. The maximum absolute atomic E-state index is 12.3. The first-order chi connectivity index (χ1) is 15.8. The zero-order valence-corrected chi connectivity index (χ0v) is 17.7. The minimum atomic E-state index is -0.594. The Kier molecular flexibility index (Phi) is 7.20. The van der Waals surface area contributed by atoms with Crippen LogP contribution in [0.1, 0.15) is 27.9 Å². The van der Waals surface area contributed by atoms with Gasteiger partial charge in [-0.3, -0.25) is 4.79 Å². The van der Waals surface area contributed by atoms with Crippen LogP contribution in [0.25, 0.3) is 6.08 Å². The molecule has 0 saturated carbocycles. The van der Waals surface area contributed by atoms with E-state index in [1.54, 1.807) is 36.4 Å². The van der Waals surface area contributed by atoms with Crippen molar-refractivity contribution in [1.82, 2.24) is 0 Å². The van der Waals surface area contributed by atoms with Crippen LogP contribution in [0.15, 0.2) is 60.7 Å². The number of methoxy groups -OCH3 is 1. The summed E-state index contributed by atoms with van der Waals surface area (Å²) in [5.41, 5.74) is 1.19. The largest absolute Gasteiger partial charge is 0.508 e. The molecule has 170 valence electrons. The van der Waals surface area contributed by atoms with Gasteiger partial charge in [-0.15, -0.1) is 0 Å². The summed E-state index contributed by atoms with van der Waals surface area (Å²) in [7, 11) is 1.43. The van der Waals surface area contributed by atoms with Gasteiger partial charge in [0.15, 0.2) is 17.3 Å².